The second kappa shape index (κ2) is 9.97. The fourth-order valence-electron chi connectivity index (χ4n) is 2.50. The predicted molar refractivity (Wildman–Crippen MR) is 106 cm³/mol. The molecule has 0 aromatic heterocycles. The Bertz CT molecular complexity index is 1030. The standard InChI is InChI=1S/C23H18FNO5/c24-19-11-9-16(10-12-19)14-29-20-8-4-7-18(13-20)23(28)30-15-21(26)25-22(27)17-5-2-1-3-6-17/h1-13H,14-15H2,(H,25,26,27). The zero-order chi connectivity index (χ0) is 21.3. The van der Waals surface area contributed by atoms with E-state index in [-0.39, 0.29) is 18.0 Å². The predicted octanol–water partition coefficient (Wildman–Crippen LogP) is 3.52. The number of hydrogen-bond acceptors (Lipinski definition) is 5. The number of carbonyl (C=O) groups is 3. The summed E-state index contributed by atoms with van der Waals surface area (Å²) in [5, 5.41) is 2.15. The van der Waals surface area contributed by atoms with Crippen molar-refractivity contribution in [1.29, 1.82) is 0 Å². The average Bonchev–Trinajstić information content (AvgIpc) is 2.78. The minimum Gasteiger partial charge on any atom is -0.489 e. The van der Waals surface area contributed by atoms with E-state index in [1.807, 2.05) is 0 Å². The molecule has 6 nitrogen and oxygen atoms in total. The Balaban J connectivity index is 1.50. The van der Waals surface area contributed by atoms with Crippen molar-refractivity contribution in [2.45, 2.75) is 6.61 Å². The first-order valence-corrected chi connectivity index (χ1v) is 9.05. The first-order chi connectivity index (χ1) is 14.5. The maximum absolute atomic E-state index is 12.9. The Morgan fingerprint density at radius 1 is 0.833 bits per heavy atom. The summed E-state index contributed by atoms with van der Waals surface area (Å²) in [6, 6.07) is 20.3. The van der Waals surface area contributed by atoms with Crippen molar-refractivity contribution < 1.29 is 28.2 Å². The Hall–Kier alpha value is -4.00. The van der Waals surface area contributed by atoms with Gasteiger partial charge in [0.1, 0.15) is 18.2 Å². The topological polar surface area (TPSA) is 81.7 Å². The van der Waals surface area contributed by atoms with Gasteiger partial charge in [-0.05, 0) is 48.0 Å². The van der Waals surface area contributed by atoms with E-state index in [2.05, 4.69) is 5.32 Å². The SMILES string of the molecule is O=C(COC(=O)c1cccc(OCc2ccc(F)cc2)c1)NC(=O)c1ccccc1. The number of hydrogen-bond donors (Lipinski definition) is 1. The Morgan fingerprint density at radius 2 is 1.53 bits per heavy atom. The monoisotopic (exact) mass is 407 g/mol. The normalized spacial score (nSPS) is 10.2. The number of imide groups is 1. The summed E-state index contributed by atoms with van der Waals surface area (Å²) in [5.41, 5.74) is 1.28. The van der Waals surface area contributed by atoms with Crippen LogP contribution in [0.5, 0.6) is 5.75 Å². The molecular weight excluding hydrogens is 389 g/mol. The quantitative estimate of drug-likeness (QED) is 0.606. The summed E-state index contributed by atoms with van der Waals surface area (Å²) in [6.45, 7) is -0.402. The Labute approximate surface area is 172 Å². The molecule has 0 aliphatic rings. The van der Waals surface area contributed by atoms with Gasteiger partial charge in [0.15, 0.2) is 6.61 Å². The average molecular weight is 407 g/mol. The van der Waals surface area contributed by atoms with Crippen molar-refractivity contribution in [3.05, 3.63) is 101 Å². The van der Waals surface area contributed by atoms with Gasteiger partial charge < -0.3 is 9.47 Å². The van der Waals surface area contributed by atoms with Crippen molar-refractivity contribution in [2.24, 2.45) is 0 Å². The van der Waals surface area contributed by atoms with Gasteiger partial charge in [-0.15, -0.1) is 0 Å². The van der Waals surface area contributed by atoms with Crippen LogP contribution in [-0.2, 0) is 16.1 Å². The van der Waals surface area contributed by atoms with Gasteiger partial charge >= 0.3 is 5.97 Å². The zero-order valence-electron chi connectivity index (χ0n) is 15.8. The van der Waals surface area contributed by atoms with Crippen molar-refractivity contribution in [2.75, 3.05) is 6.61 Å². The first kappa shape index (κ1) is 20.7. The van der Waals surface area contributed by atoms with E-state index < -0.39 is 24.4 Å². The molecule has 2 amide bonds. The molecule has 0 fully saturated rings. The summed E-state index contributed by atoms with van der Waals surface area (Å²) in [4.78, 5) is 35.9. The zero-order valence-corrected chi connectivity index (χ0v) is 15.8. The lowest BCUT2D eigenvalue weighted by Crippen LogP contribution is -2.34. The molecule has 0 unspecified atom stereocenters. The lowest BCUT2D eigenvalue weighted by atomic mass is 10.2. The maximum Gasteiger partial charge on any atom is 0.338 e. The maximum atomic E-state index is 12.9. The molecule has 3 rings (SSSR count). The van der Waals surface area contributed by atoms with E-state index in [4.69, 9.17) is 9.47 Å². The van der Waals surface area contributed by atoms with Crippen LogP contribution in [0.25, 0.3) is 0 Å². The van der Waals surface area contributed by atoms with Crippen molar-refractivity contribution in [3.63, 3.8) is 0 Å². The number of nitrogens with one attached hydrogen (secondary N) is 1. The molecule has 30 heavy (non-hydrogen) atoms. The largest absolute Gasteiger partial charge is 0.489 e. The minimum atomic E-state index is -0.735. The lowest BCUT2D eigenvalue weighted by molar-refractivity contribution is -0.123. The van der Waals surface area contributed by atoms with E-state index >= 15 is 0 Å². The number of amides is 2. The highest BCUT2D eigenvalue weighted by molar-refractivity contribution is 6.05. The van der Waals surface area contributed by atoms with Crippen LogP contribution in [0, 0.1) is 5.82 Å². The highest BCUT2D eigenvalue weighted by Gasteiger charge is 2.14. The molecule has 0 spiro atoms. The van der Waals surface area contributed by atoms with Gasteiger partial charge in [0.25, 0.3) is 11.8 Å². The third kappa shape index (κ3) is 6.00. The molecule has 152 valence electrons. The van der Waals surface area contributed by atoms with Crippen LogP contribution >= 0.6 is 0 Å². The van der Waals surface area contributed by atoms with Gasteiger partial charge in [-0.25, -0.2) is 9.18 Å². The second-order valence-electron chi connectivity index (χ2n) is 6.26. The molecule has 0 bridgehead atoms. The van der Waals surface area contributed by atoms with Crippen LogP contribution in [0.2, 0.25) is 0 Å². The minimum absolute atomic E-state index is 0.189. The molecule has 0 atom stereocenters. The second-order valence-corrected chi connectivity index (χ2v) is 6.26. The van der Waals surface area contributed by atoms with Crippen molar-refractivity contribution >= 4 is 17.8 Å². The van der Waals surface area contributed by atoms with Crippen LogP contribution in [0.1, 0.15) is 26.3 Å². The molecule has 0 aliphatic heterocycles. The van der Waals surface area contributed by atoms with Crippen LogP contribution in [-0.4, -0.2) is 24.4 Å². The highest BCUT2D eigenvalue weighted by Crippen LogP contribution is 2.16. The molecule has 0 heterocycles. The molecule has 1 N–H and O–H groups in total. The summed E-state index contributed by atoms with van der Waals surface area (Å²) in [6.07, 6.45) is 0. The smallest absolute Gasteiger partial charge is 0.338 e. The lowest BCUT2D eigenvalue weighted by Gasteiger charge is -2.09. The fourth-order valence-corrected chi connectivity index (χ4v) is 2.50. The third-order valence-electron chi connectivity index (χ3n) is 4.01. The summed E-state index contributed by atoms with van der Waals surface area (Å²) in [7, 11) is 0. The first-order valence-electron chi connectivity index (χ1n) is 9.05. The Kier molecular flexibility index (Phi) is 6.89. The molecule has 3 aromatic carbocycles. The number of benzene rings is 3. The third-order valence-corrected chi connectivity index (χ3v) is 4.01. The van der Waals surface area contributed by atoms with E-state index in [0.717, 1.165) is 5.56 Å². The number of ether oxygens (including phenoxy) is 2. The van der Waals surface area contributed by atoms with Gasteiger partial charge in [0.05, 0.1) is 5.56 Å². The molecular formula is C23H18FNO5. The van der Waals surface area contributed by atoms with E-state index in [0.29, 0.717) is 11.3 Å². The molecule has 7 heteroatoms. The van der Waals surface area contributed by atoms with Gasteiger partial charge in [-0.2, -0.15) is 0 Å². The fraction of sp³-hybridized carbons (Fsp3) is 0.0870. The van der Waals surface area contributed by atoms with E-state index in [9.17, 15) is 18.8 Å². The van der Waals surface area contributed by atoms with Gasteiger partial charge in [-0.1, -0.05) is 36.4 Å². The van der Waals surface area contributed by atoms with E-state index in [1.165, 1.54) is 24.3 Å². The molecule has 0 radical (unpaired) electrons. The number of rotatable bonds is 7. The highest BCUT2D eigenvalue weighted by atomic mass is 19.1. The van der Waals surface area contributed by atoms with E-state index in [1.54, 1.807) is 54.6 Å². The van der Waals surface area contributed by atoms with Gasteiger partial charge in [0, 0.05) is 5.56 Å². The van der Waals surface area contributed by atoms with Crippen molar-refractivity contribution in [3.8, 4) is 5.75 Å². The van der Waals surface area contributed by atoms with Crippen LogP contribution in [0.3, 0.4) is 0 Å². The summed E-state index contributed by atoms with van der Waals surface area (Å²) >= 11 is 0. The molecule has 3 aromatic rings. The van der Waals surface area contributed by atoms with Crippen LogP contribution < -0.4 is 10.1 Å². The molecule has 0 saturated carbocycles. The summed E-state index contributed by atoms with van der Waals surface area (Å²) < 4.78 is 23.5. The van der Waals surface area contributed by atoms with Crippen molar-refractivity contribution in [1.82, 2.24) is 5.32 Å². The molecule has 0 aliphatic carbocycles. The van der Waals surface area contributed by atoms with Crippen LogP contribution in [0.15, 0.2) is 78.9 Å². The van der Waals surface area contributed by atoms with Gasteiger partial charge in [-0.3, -0.25) is 14.9 Å². The van der Waals surface area contributed by atoms with Gasteiger partial charge in [0.2, 0.25) is 0 Å². The number of esters is 1. The van der Waals surface area contributed by atoms with Crippen LogP contribution in [0.4, 0.5) is 4.39 Å². The molecule has 0 saturated heterocycles. The number of carbonyl (C=O) groups excluding carboxylic acids is 3. The Morgan fingerprint density at radius 3 is 2.27 bits per heavy atom. The summed E-state index contributed by atoms with van der Waals surface area (Å²) in [5.74, 6) is -1.96. The number of halogens is 1.